The van der Waals surface area contributed by atoms with E-state index < -0.39 is 0 Å². The molecule has 2 amide bonds. The molecule has 1 saturated heterocycles. The molecule has 0 saturated carbocycles. The highest BCUT2D eigenvalue weighted by atomic mass is 32.2. The minimum Gasteiger partial charge on any atom is -0.350 e. The van der Waals surface area contributed by atoms with Crippen LogP contribution in [0.1, 0.15) is 44.1 Å². The van der Waals surface area contributed by atoms with E-state index in [1.165, 1.54) is 0 Å². The SMILES string of the molecule is Cc1nn(C)c(C)c1CCC(=O)N1CSC[C@@H]1C(=O)NC(C)(C)C. The molecule has 1 aromatic heterocycles. The first-order valence-corrected chi connectivity index (χ1v) is 9.44. The Morgan fingerprint density at radius 2 is 2.00 bits per heavy atom. The van der Waals surface area contributed by atoms with Crippen molar-refractivity contribution in [1.29, 1.82) is 0 Å². The van der Waals surface area contributed by atoms with Crippen molar-refractivity contribution in [1.82, 2.24) is 20.0 Å². The van der Waals surface area contributed by atoms with Gasteiger partial charge in [0.25, 0.3) is 0 Å². The van der Waals surface area contributed by atoms with Crippen LogP contribution < -0.4 is 5.32 Å². The fourth-order valence-corrected chi connectivity index (χ4v) is 4.09. The standard InChI is InChI=1S/C17H28N4O2S/c1-11-13(12(2)20(6)19-11)7-8-15(22)21-10-24-9-14(21)16(23)18-17(3,4)5/h14H,7-10H2,1-6H3,(H,18,23)/t14-/m1/s1. The summed E-state index contributed by atoms with van der Waals surface area (Å²) in [6.07, 6.45) is 1.08. The quantitative estimate of drug-likeness (QED) is 0.897. The molecule has 0 unspecified atom stereocenters. The number of carbonyl (C=O) groups is 2. The van der Waals surface area contributed by atoms with Crippen LogP contribution in [-0.4, -0.2) is 49.7 Å². The number of hydrogen-bond acceptors (Lipinski definition) is 4. The predicted octanol–water partition coefficient (Wildman–Crippen LogP) is 1.79. The van der Waals surface area contributed by atoms with E-state index in [1.807, 2.05) is 46.3 Å². The van der Waals surface area contributed by atoms with Gasteiger partial charge in [-0.25, -0.2) is 0 Å². The molecule has 7 heteroatoms. The van der Waals surface area contributed by atoms with Gasteiger partial charge in [-0.3, -0.25) is 14.3 Å². The first-order chi connectivity index (χ1) is 11.1. The number of nitrogens with one attached hydrogen (secondary N) is 1. The number of nitrogens with zero attached hydrogens (tertiary/aromatic N) is 3. The van der Waals surface area contributed by atoms with Crippen molar-refractivity contribution in [3.05, 3.63) is 17.0 Å². The molecule has 1 atom stereocenters. The highest BCUT2D eigenvalue weighted by molar-refractivity contribution is 7.99. The summed E-state index contributed by atoms with van der Waals surface area (Å²) < 4.78 is 1.85. The van der Waals surface area contributed by atoms with Gasteiger partial charge in [-0.15, -0.1) is 11.8 Å². The molecule has 6 nitrogen and oxygen atoms in total. The molecule has 24 heavy (non-hydrogen) atoms. The molecule has 134 valence electrons. The van der Waals surface area contributed by atoms with E-state index in [4.69, 9.17) is 0 Å². The van der Waals surface area contributed by atoms with Crippen LogP contribution in [-0.2, 0) is 23.1 Å². The Morgan fingerprint density at radius 3 is 2.54 bits per heavy atom. The molecule has 2 rings (SSSR count). The zero-order chi connectivity index (χ0) is 18.1. The van der Waals surface area contributed by atoms with Gasteiger partial charge in [-0.05, 0) is 46.6 Å². The van der Waals surface area contributed by atoms with E-state index in [0.717, 1.165) is 17.0 Å². The summed E-state index contributed by atoms with van der Waals surface area (Å²) >= 11 is 1.63. The van der Waals surface area contributed by atoms with Gasteiger partial charge < -0.3 is 10.2 Å². The molecule has 1 aliphatic heterocycles. The van der Waals surface area contributed by atoms with Gasteiger partial charge in [-0.2, -0.15) is 5.10 Å². The van der Waals surface area contributed by atoms with Crippen molar-refractivity contribution in [2.75, 3.05) is 11.6 Å². The summed E-state index contributed by atoms with van der Waals surface area (Å²) in [5.41, 5.74) is 2.91. The van der Waals surface area contributed by atoms with Gasteiger partial charge in [0.2, 0.25) is 11.8 Å². The van der Waals surface area contributed by atoms with E-state index >= 15 is 0 Å². The van der Waals surface area contributed by atoms with Gasteiger partial charge in [-0.1, -0.05) is 0 Å². The number of carbonyl (C=O) groups excluding carboxylic acids is 2. The van der Waals surface area contributed by atoms with E-state index in [1.54, 1.807) is 16.7 Å². The lowest BCUT2D eigenvalue weighted by Gasteiger charge is -2.27. The van der Waals surface area contributed by atoms with Crippen LogP contribution in [0.25, 0.3) is 0 Å². The van der Waals surface area contributed by atoms with Crippen LogP contribution in [0.4, 0.5) is 0 Å². The molecule has 0 aromatic carbocycles. The Kier molecular flexibility index (Phi) is 5.63. The first kappa shape index (κ1) is 18.8. The molecule has 0 radical (unpaired) electrons. The highest BCUT2D eigenvalue weighted by Crippen LogP contribution is 2.23. The molecule has 1 N–H and O–H groups in total. The maximum atomic E-state index is 12.6. The van der Waals surface area contributed by atoms with Crippen molar-refractivity contribution in [3.63, 3.8) is 0 Å². The van der Waals surface area contributed by atoms with Gasteiger partial charge >= 0.3 is 0 Å². The summed E-state index contributed by atoms with van der Waals surface area (Å²) in [7, 11) is 1.91. The lowest BCUT2D eigenvalue weighted by molar-refractivity contribution is -0.138. The van der Waals surface area contributed by atoms with Crippen molar-refractivity contribution in [2.45, 2.75) is 59.0 Å². The van der Waals surface area contributed by atoms with Crippen molar-refractivity contribution in [2.24, 2.45) is 7.05 Å². The van der Waals surface area contributed by atoms with E-state index in [-0.39, 0.29) is 23.4 Å². The Balaban J connectivity index is 1.99. The lowest BCUT2D eigenvalue weighted by atomic mass is 10.1. The molecule has 1 aromatic rings. The molecule has 0 aliphatic carbocycles. The molecule has 0 spiro atoms. The largest absolute Gasteiger partial charge is 0.350 e. The second-order valence-corrected chi connectivity index (χ2v) is 8.39. The summed E-state index contributed by atoms with van der Waals surface area (Å²) in [4.78, 5) is 26.8. The van der Waals surface area contributed by atoms with Gasteiger partial charge in [0.1, 0.15) is 6.04 Å². The van der Waals surface area contributed by atoms with Crippen LogP contribution in [0.3, 0.4) is 0 Å². The molecule has 1 fully saturated rings. The summed E-state index contributed by atoms with van der Waals surface area (Å²) in [6.45, 7) is 9.84. The topological polar surface area (TPSA) is 67.2 Å². The Labute approximate surface area is 148 Å². The van der Waals surface area contributed by atoms with Crippen molar-refractivity contribution >= 4 is 23.6 Å². The molecular formula is C17H28N4O2S. The van der Waals surface area contributed by atoms with Crippen molar-refractivity contribution < 1.29 is 9.59 Å². The average Bonchev–Trinajstić information content (AvgIpc) is 3.02. The molecular weight excluding hydrogens is 324 g/mol. The number of hydrogen-bond donors (Lipinski definition) is 1. The fourth-order valence-electron chi connectivity index (χ4n) is 2.91. The first-order valence-electron chi connectivity index (χ1n) is 8.28. The number of amides is 2. The molecule has 2 heterocycles. The second kappa shape index (κ2) is 7.17. The van der Waals surface area contributed by atoms with Gasteiger partial charge in [0.15, 0.2) is 0 Å². The van der Waals surface area contributed by atoms with E-state index in [2.05, 4.69) is 10.4 Å². The molecule has 1 aliphatic rings. The van der Waals surface area contributed by atoms with E-state index in [9.17, 15) is 9.59 Å². The van der Waals surface area contributed by atoms with Crippen LogP contribution in [0, 0.1) is 13.8 Å². The predicted molar refractivity (Wildman–Crippen MR) is 96.9 cm³/mol. The Hall–Kier alpha value is -1.50. The minimum absolute atomic E-state index is 0.0386. The zero-order valence-electron chi connectivity index (χ0n) is 15.5. The number of thioether (sulfide) groups is 1. The summed E-state index contributed by atoms with van der Waals surface area (Å²) in [6, 6.07) is -0.363. The third-order valence-electron chi connectivity index (χ3n) is 4.25. The summed E-state index contributed by atoms with van der Waals surface area (Å²) in [5, 5.41) is 7.37. The second-order valence-electron chi connectivity index (χ2n) is 7.39. The third-order valence-corrected chi connectivity index (χ3v) is 5.26. The monoisotopic (exact) mass is 352 g/mol. The third kappa shape index (κ3) is 4.32. The number of aryl methyl sites for hydroxylation is 2. The Morgan fingerprint density at radius 1 is 1.33 bits per heavy atom. The maximum Gasteiger partial charge on any atom is 0.244 e. The van der Waals surface area contributed by atoms with Crippen LogP contribution >= 0.6 is 11.8 Å². The Bertz CT molecular complexity index is 633. The zero-order valence-corrected chi connectivity index (χ0v) is 16.3. The van der Waals surface area contributed by atoms with Crippen LogP contribution in [0.5, 0.6) is 0 Å². The van der Waals surface area contributed by atoms with Gasteiger partial charge in [0, 0.05) is 30.5 Å². The average molecular weight is 353 g/mol. The van der Waals surface area contributed by atoms with Crippen molar-refractivity contribution in [3.8, 4) is 0 Å². The minimum atomic E-state index is -0.363. The number of aromatic nitrogens is 2. The van der Waals surface area contributed by atoms with Crippen LogP contribution in [0.15, 0.2) is 0 Å². The van der Waals surface area contributed by atoms with Crippen LogP contribution in [0.2, 0.25) is 0 Å². The fraction of sp³-hybridized carbons (Fsp3) is 0.706. The smallest absolute Gasteiger partial charge is 0.244 e. The highest BCUT2D eigenvalue weighted by Gasteiger charge is 2.35. The van der Waals surface area contributed by atoms with E-state index in [0.29, 0.717) is 24.5 Å². The number of rotatable bonds is 4. The maximum absolute atomic E-state index is 12.6. The lowest BCUT2D eigenvalue weighted by Crippen LogP contribution is -2.52. The molecule has 0 bridgehead atoms. The summed E-state index contributed by atoms with van der Waals surface area (Å²) in [5.74, 6) is 1.23. The normalized spacial score (nSPS) is 18.1. The van der Waals surface area contributed by atoms with Gasteiger partial charge in [0.05, 0.1) is 11.6 Å².